The normalized spacial score (nSPS) is 11.3. The maximum Gasteiger partial charge on any atom is 0.127 e. The van der Waals surface area contributed by atoms with Gasteiger partial charge in [-0.1, -0.05) is 62.4 Å². The van der Waals surface area contributed by atoms with Crippen molar-refractivity contribution < 1.29 is 9.47 Å². The minimum atomic E-state index is 0.669. The van der Waals surface area contributed by atoms with Crippen molar-refractivity contribution in [2.24, 2.45) is 0 Å². The molecule has 0 saturated heterocycles. The zero-order valence-electron chi connectivity index (χ0n) is 22.6. The summed E-state index contributed by atoms with van der Waals surface area (Å²) in [6.07, 6.45) is 10.4. The lowest BCUT2D eigenvalue weighted by atomic mass is 10.0. The van der Waals surface area contributed by atoms with Gasteiger partial charge in [0.15, 0.2) is 0 Å². The number of rotatable bonds is 12. The average molecular weight is 485 g/mol. The Morgan fingerprint density at radius 2 is 0.917 bits per heavy atom. The first-order valence-corrected chi connectivity index (χ1v) is 12.8. The van der Waals surface area contributed by atoms with Gasteiger partial charge in [-0.2, -0.15) is 0 Å². The van der Waals surface area contributed by atoms with Gasteiger partial charge >= 0.3 is 0 Å². The third kappa shape index (κ3) is 7.67. The van der Waals surface area contributed by atoms with E-state index in [1.54, 1.807) is 0 Å². The lowest BCUT2D eigenvalue weighted by Crippen LogP contribution is -2.07. The third-order valence-corrected chi connectivity index (χ3v) is 5.80. The molecule has 0 atom stereocenters. The highest BCUT2D eigenvalue weighted by atomic mass is 16.5. The summed E-state index contributed by atoms with van der Waals surface area (Å²) in [7, 11) is 8.20. The number of ether oxygens (including phenoxy) is 2. The van der Waals surface area contributed by atoms with Crippen molar-refractivity contribution in [2.45, 2.75) is 26.7 Å². The summed E-state index contributed by atoms with van der Waals surface area (Å²) in [5.41, 5.74) is 6.67. The largest absolute Gasteiger partial charge is 0.493 e. The van der Waals surface area contributed by atoms with Gasteiger partial charge in [0.1, 0.15) is 11.5 Å². The Hall–Kier alpha value is -3.66. The molecule has 3 rings (SSSR count). The van der Waals surface area contributed by atoms with Crippen LogP contribution in [0.3, 0.4) is 0 Å². The summed E-state index contributed by atoms with van der Waals surface area (Å²) in [6, 6.07) is 21.2. The molecule has 0 spiro atoms. The number of anilines is 2. The van der Waals surface area contributed by atoms with E-state index in [0.717, 1.165) is 46.6 Å². The molecule has 0 fully saturated rings. The Morgan fingerprint density at radius 3 is 1.22 bits per heavy atom. The van der Waals surface area contributed by atoms with Crippen LogP contribution >= 0.6 is 0 Å². The van der Waals surface area contributed by atoms with E-state index in [4.69, 9.17) is 9.47 Å². The van der Waals surface area contributed by atoms with Crippen LogP contribution in [0.2, 0.25) is 0 Å². The Labute approximate surface area is 217 Å². The van der Waals surface area contributed by atoms with E-state index in [1.807, 2.05) is 0 Å². The molecule has 0 aliphatic heterocycles. The molecule has 0 aliphatic carbocycles. The molecule has 0 N–H and O–H groups in total. The van der Waals surface area contributed by atoms with E-state index in [-0.39, 0.29) is 0 Å². The van der Waals surface area contributed by atoms with E-state index in [1.165, 1.54) is 11.4 Å². The van der Waals surface area contributed by atoms with Gasteiger partial charge in [0.25, 0.3) is 0 Å². The van der Waals surface area contributed by atoms with Gasteiger partial charge in [0.05, 0.1) is 13.2 Å². The molecule has 0 heterocycles. The Bertz CT molecular complexity index is 1050. The van der Waals surface area contributed by atoms with Gasteiger partial charge in [0, 0.05) is 50.7 Å². The minimum Gasteiger partial charge on any atom is -0.493 e. The molecular weight excluding hydrogens is 444 g/mol. The first-order chi connectivity index (χ1) is 17.4. The highest BCUT2D eigenvalue weighted by Gasteiger charge is 2.10. The number of hydrogen-bond donors (Lipinski definition) is 0. The van der Waals surface area contributed by atoms with E-state index < -0.39 is 0 Å². The molecule has 4 heteroatoms. The molecule has 0 saturated carbocycles. The van der Waals surface area contributed by atoms with E-state index >= 15 is 0 Å². The van der Waals surface area contributed by atoms with Gasteiger partial charge in [-0.3, -0.25) is 0 Å². The van der Waals surface area contributed by atoms with Crippen molar-refractivity contribution >= 4 is 35.7 Å². The monoisotopic (exact) mass is 484 g/mol. The van der Waals surface area contributed by atoms with Gasteiger partial charge in [-0.15, -0.1) is 0 Å². The Balaban J connectivity index is 1.94. The van der Waals surface area contributed by atoms with Crippen LogP contribution < -0.4 is 19.3 Å². The summed E-state index contributed by atoms with van der Waals surface area (Å²) < 4.78 is 12.3. The lowest BCUT2D eigenvalue weighted by Gasteiger charge is -2.15. The first-order valence-electron chi connectivity index (χ1n) is 12.8. The SMILES string of the molecule is CCCOc1cc(/C=C/c2ccc(N(C)C)cc2)c(OCCC)cc1/C=C/c1ccc(N(C)C)cc1. The standard InChI is InChI=1S/C32H40N2O2/c1-7-21-35-31-23-28(16-10-26-13-19-30(20-14-26)34(5)6)32(36-22-8-2)24-27(31)15-9-25-11-17-29(18-12-25)33(3)4/h9-20,23-24H,7-8,21-22H2,1-6H3/b15-9+,16-10+. The molecule has 0 radical (unpaired) electrons. The second-order valence-electron chi connectivity index (χ2n) is 9.26. The van der Waals surface area contributed by atoms with Gasteiger partial charge in [0.2, 0.25) is 0 Å². The van der Waals surface area contributed by atoms with Crippen LogP contribution in [0.1, 0.15) is 48.9 Å². The Morgan fingerprint density at radius 1 is 0.556 bits per heavy atom. The van der Waals surface area contributed by atoms with Crippen LogP contribution in [-0.2, 0) is 0 Å². The van der Waals surface area contributed by atoms with Crippen molar-refractivity contribution in [2.75, 3.05) is 51.2 Å². The van der Waals surface area contributed by atoms with E-state index in [0.29, 0.717) is 13.2 Å². The first kappa shape index (κ1) is 26.9. The maximum atomic E-state index is 6.17. The fraction of sp³-hybridized carbons (Fsp3) is 0.312. The highest BCUT2D eigenvalue weighted by molar-refractivity contribution is 5.79. The predicted molar refractivity (Wildman–Crippen MR) is 157 cm³/mol. The second kappa shape index (κ2) is 13.4. The molecule has 0 amide bonds. The summed E-state index contributed by atoms with van der Waals surface area (Å²) in [6.45, 7) is 5.59. The van der Waals surface area contributed by atoms with Gasteiger partial charge < -0.3 is 19.3 Å². The number of hydrogen-bond acceptors (Lipinski definition) is 4. The predicted octanol–water partition coefficient (Wildman–Crippen LogP) is 7.74. The maximum absolute atomic E-state index is 6.17. The molecule has 4 nitrogen and oxygen atoms in total. The zero-order valence-corrected chi connectivity index (χ0v) is 22.6. The van der Waals surface area contributed by atoms with E-state index in [2.05, 4.69) is 137 Å². The summed E-state index contributed by atoms with van der Waals surface area (Å²) in [5.74, 6) is 1.73. The number of nitrogens with zero attached hydrogens (tertiary/aromatic N) is 2. The van der Waals surface area contributed by atoms with Gasteiger partial charge in [-0.25, -0.2) is 0 Å². The van der Waals surface area contributed by atoms with Crippen molar-refractivity contribution in [3.63, 3.8) is 0 Å². The Kier molecular flexibility index (Phi) is 10.1. The molecule has 0 unspecified atom stereocenters. The third-order valence-electron chi connectivity index (χ3n) is 5.80. The molecular formula is C32H40N2O2. The minimum absolute atomic E-state index is 0.669. The quantitative estimate of drug-likeness (QED) is 0.246. The molecule has 190 valence electrons. The van der Waals surface area contributed by atoms with Crippen LogP contribution in [-0.4, -0.2) is 41.4 Å². The molecule has 36 heavy (non-hydrogen) atoms. The summed E-state index contributed by atoms with van der Waals surface area (Å²) in [5, 5.41) is 0. The van der Waals surface area contributed by atoms with E-state index in [9.17, 15) is 0 Å². The van der Waals surface area contributed by atoms with Crippen LogP contribution in [0.25, 0.3) is 24.3 Å². The number of benzene rings is 3. The average Bonchev–Trinajstić information content (AvgIpc) is 2.89. The fourth-order valence-corrected chi connectivity index (χ4v) is 3.67. The molecule has 3 aromatic carbocycles. The summed E-state index contributed by atoms with van der Waals surface area (Å²) in [4.78, 5) is 4.20. The molecule has 3 aromatic rings. The van der Waals surface area contributed by atoms with Crippen LogP contribution in [0, 0.1) is 0 Å². The van der Waals surface area contributed by atoms with Crippen molar-refractivity contribution in [1.29, 1.82) is 0 Å². The van der Waals surface area contributed by atoms with Crippen LogP contribution in [0.15, 0.2) is 60.7 Å². The topological polar surface area (TPSA) is 24.9 Å². The van der Waals surface area contributed by atoms with Crippen molar-refractivity contribution in [1.82, 2.24) is 0 Å². The van der Waals surface area contributed by atoms with Crippen molar-refractivity contribution in [3.8, 4) is 11.5 Å². The zero-order chi connectivity index (χ0) is 25.9. The molecule has 0 aliphatic rings. The van der Waals surface area contributed by atoms with Crippen molar-refractivity contribution in [3.05, 3.63) is 82.9 Å². The van der Waals surface area contributed by atoms with Gasteiger partial charge in [-0.05, 0) is 60.4 Å². The lowest BCUT2D eigenvalue weighted by molar-refractivity contribution is 0.307. The second-order valence-corrected chi connectivity index (χ2v) is 9.26. The van der Waals surface area contributed by atoms with Crippen LogP contribution in [0.5, 0.6) is 11.5 Å². The van der Waals surface area contributed by atoms with Crippen LogP contribution in [0.4, 0.5) is 11.4 Å². The smallest absolute Gasteiger partial charge is 0.127 e. The molecule has 0 bridgehead atoms. The molecule has 0 aromatic heterocycles. The summed E-state index contributed by atoms with van der Waals surface area (Å²) >= 11 is 0. The highest BCUT2D eigenvalue weighted by Crippen LogP contribution is 2.33. The fourth-order valence-electron chi connectivity index (χ4n) is 3.67.